The second kappa shape index (κ2) is 6.21. The van der Waals surface area contributed by atoms with Gasteiger partial charge in [0.05, 0.1) is 6.10 Å². The molecule has 0 aromatic carbocycles. The first-order valence-electron chi connectivity index (χ1n) is 7.71. The standard InChI is InChI=1S/C14H22N4O4/c1-9-7-17(2)8-11(21-9)13(19)18-5-3-10(4-6-18)12-15-16-14(20)22-12/h9-11H,3-8H2,1-2H3,(H,16,20)/t9-,11-/m1/s1. The largest absolute Gasteiger partial charge is 0.434 e. The molecule has 1 N–H and O–H groups in total. The lowest BCUT2D eigenvalue weighted by Crippen LogP contribution is -2.53. The Balaban J connectivity index is 1.56. The molecule has 1 aromatic rings. The van der Waals surface area contributed by atoms with Gasteiger partial charge in [0.15, 0.2) is 0 Å². The van der Waals surface area contributed by atoms with E-state index in [-0.39, 0.29) is 24.0 Å². The second-order valence-corrected chi connectivity index (χ2v) is 6.21. The highest BCUT2D eigenvalue weighted by molar-refractivity contribution is 5.81. The summed E-state index contributed by atoms with van der Waals surface area (Å²) in [5, 5.41) is 6.16. The molecule has 0 spiro atoms. The molecule has 2 aliphatic rings. The van der Waals surface area contributed by atoms with Gasteiger partial charge in [0.25, 0.3) is 5.91 Å². The molecule has 2 saturated heterocycles. The molecule has 0 saturated carbocycles. The first-order valence-corrected chi connectivity index (χ1v) is 7.71. The summed E-state index contributed by atoms with van der Waals surface area (Å²) in [5.74, 6) is 0.0673. The van der Waals surface area contributed by atoms with Crippen LogP contribution in [0.25, 0.3) is 0 Å². The lowest BCUT2D eigenvalue weighted by molar-refractivity contribution is -0.156. The van der Waals surface area contributed by atoms with Crippen molar-refractivity contribution in [2.45, 2.75) is 37.9 Å². The molecule has 1 aromatic heterocycles. The van der Waals surface area contributed by atoms with Crippen LogP contribution in [0.3, 0.4) is 0 Å². The number of hydrogen-bond acceptors (Lipinski definition) is 6. The van der Waals surface area contributed by atoms with E-state index >= 15 is 0 Å². The van der Waals surface area contributed by atoms with Gasteiger partial charge in [-0.1, -0.05) is 0 Å². The van der Waals surface area contributed by atoms with Gasteiger partial charge < -0.3 is 19.0 Å². The van der Waals surface area contributed by atoms with Gasteiger partial charge in [0.2, 0.25) is 5.89 Å². The Morgan fingerprint density at radius 1 is 1.32 bits per heavy atom. The number of rotatable bonds is 2. The lowest BCUT2D eigenvalue weighted by Gasteiger charge is -2.38. The van der Waals surface area contributed by atoms with E-state index in [1.165, 1.54) is 0 Å². The quantitative estimate of drug-likeness (QED) is 0.812. The minimum Gasteiger partial charge on any atom is -0.392 e. The van der Waals surface area contributed by atoms with Gasteiger partial charge in [-0.2, -0.15) is 0 Å². The van der Waals surface area contributed by atoms with Gasteiger partial charge in [0.1, 0.15) is 6.10 Å². The third kappa shape index (κ3) is 3.22. The summed E-state index contributed by atoms with van der Waals surface area (Å²) >= 11 is 0. The molecule has 2 fully saturated rings. The molecule has 0 radical (unpaired) electrons. The van der Waals surface area contributed by atoms with Crippen molar-refractivity contribution in [1.29, 1.82) is 0 Å². The van der Waals surface area contributed by atoms with Crippen LogP contribution >= 0.6 is 0 Å². The van der Waals surface area contributed by atoms with E-state index in [0.29, 0.717) is 25.5 Å². The summed E-state index contributed by atoms with van der Waals surface area (Å²) < 4.78 is 10.8. The molecule has 0 aliphatic carbocycles. The number of nitrogens with zero attached hydrogens (tertiary/aromatic N) is 3. The van der Waals surface area contributed by atoms with Gasteiger partial charge in [-0.05, 0) is 26.8 Å². The minimum atomic E-state index is -0.527. The zero-order valence-electron chi connectivity index (χ0n) is 12.9. The maximum atomic E-state index is 12.6. The van der Waals surface area contributed by atoms with Crippen molar-refractivity contribution >= 4 is 5.91 Å². The monoisotopic (exact) mass is 310 g/mol. The van der Waals surface area contributed by atoms with E-state index in [1.807, 2.05) is 18.9 Å². The molecule has 0 bridgehead atoms. The van der Waals surface area contributed by atoms with Gasteiger partial charge in [0, 0.05) is 32.1 Å². The molecular weight excluding hydrogens is 288 g/mol. The first-order chi connectivity index (χ1) is 10.5. The van der Waals surface area contributed by atoms with Crippen LogP contribution in [0, 0.1) is 0 Å². The maximum Gasteiger partial charge on any atom is 0.434 e. The van der Waals surface area contributed by atoms with Crippen LogP contribution in [0.15, 0.2) is 9.21 Å². The third-order valence-electron chi connectivity index (χ3n) is 4.33. The topological polar surface area (TPSA) is 91.7 Å². The minimum absolute atomic E-state index is 0.0559. The molecule has 2 atom stereocenters. The maximum absolute atomic E-state index is 12.6. The SMILES string of the molecule is C[C@@H]1CN(C)C[C@H](C(=O)N2CCC(c3n[nH]c(=O)o3)CC2)O1. The Labute approximate surface area is 128 Å². The normalized spacial score (nSPS) is 28.0. The Bertz CT molecular complexity index is 565. The number of nitrogens with one attached hydrogen (secondary N) is 1. The van der Waals surface area contributed by atoms with E-state index in [9.17, 15) is 9.59 Å². The fourth-order valence-corrected chi connectivity index (χ4v) is 3.27. The van der Waals surface area contributed by atoms with Crippen molar-refractivity contribution in [3.8, 4) is 0 Å². The summed E-state index contributed by atoms with van der Waals surface area (Å²) in [7, 11) is 2.01. The molecule has 1 amide bonds. The van der Waals surface area contributed by atoms with Crippen LogP contribution in [0.1, 0.15) is 31.6 Å². The number of aromatic nitrogens is 2. The molecule has 8 nitrogen and oxygen atoms in total. The molecule has 22 heavy (non-hydrogen) atoms. The van der Waals surface area contributed by atoms with Crippen LogP contribution in [-0.2, 0) is 9.53 Å². The number of piperidine rings is 1. The average molecular weight is 310 g/mol. The van der Waals surface area contributed by atoms with E-state index in [0.717, 1.165) is 19.4 Å². The fourth-order valence-electron chi connectivity index (χ4n) is 3.27. The zero-order chi connectivity index (χ0) is 15.7. The van der Waals surface area contributed by atoms with Crippen LogP contribution in [0.2, 0.25) is 0 Å². The Morgan fingerprint density at radius 3 is 2.64 bits per heavy atom. The molecule has 0 unspecified atom stereocenters. The predicted octanol–water partition coefficient (Wildman–Crippen LogP) is -0.212. The van der Waals surface area contributed by atoms with Crippen LogP contribution in [0.4, 0.5) is 0 Å². The number of aromatic amines is 1. The third-order valence-corrected chi connectivity index (χ3v) is 4.33. The Morgan fingerprint density at radius 2 is 2.05 bits per heavy atom. The fraction of sp³-hybridized carbons (Fsp3) is 0.786. The number of ether oxygens (including phenoxy) is 1. The molecule has 3 rings (SSSR count). The summed E-state index contributed by atoms with van der Waals surface area (Å²) in [4.78, 5) is 27.5. The van der Waals surface area contributed by atoms with E-state index in [2.05, 4.69) is 15.1 Å². The van der Waals surface area contributed by atoms with Crippen LogP contribution < -0.4 is 5.76 Å². The molecular formula is C14H22N4O4. The highest BCUT2D eigenvalue weighted by Crippen LogP contribution is 2.26. The van der Waals surface area contributed by atoms with Crippen LogP contribution in [0.5, 0.6) is 0 Å². The highest BCUT2D eigenvalue weighted by Gasteiger charge is 2.34. The lowest BCUT2D eigenvalue weighted by atomic mass is 9.96. The number of carbonyl (C=O) groups excluding carboxylic acids is 1. The van der Waals surface area contributed by atoms with E-state index in [1.54, 1.807) is 0 Å². The van der Waals surface area contributed by atoms with Crippen molar-refractivity contribution in [3.63, 3.8) is 0 Å². The summed E-state index contributed by atoms with van der Waals surface area (Å²) in [6.45, 7) is 4.75. The number of amides is 1. The average Bonchev–Trinajstić information content (AvgIpc) is 2.92. The molecule has 8 heteroatoms. The second-order valence-electron chi connectivity index (χ2n) is 6.21. The number of hydrogen-bond donors (Lipinski definition) is 1. The van der Waals surface area contributed by atoms with Crippen molar-refractivity contribution in [2.24, 2.45) is 0 Å². The number of carbonyl (C=O) groups is 1. The zero-order valence-corrected chi connectivity index (χ0v) is 12.9. The summed E-state index contributed by atoms with van der Waals surface area (Å²) in [6.07, 6.45) is 1.19. The first kappa shape index (κ1) is 15.2. The van der Waals surface area contributed by atoms with Gasteiger partial charge >= 0.3 is 5.76 Å². The van der Waals surface area contributed by atoms with E-state index in [4.69, 9.17) is 9.15 Å². The predicted molar refractivity (Wildman–Crippen MR) is 77.5 cm³/mol. The van der Waals surface area contributed by atoms with Crippen molar-refractivity contribution < 1.29 is 13.9 Å². The Kier molecular flexibility index (Phi) is 4.30. The van der Waals surface area contributed by atoms with Gasteiger partial charge in [-0.3, -0.25) is 4.79 Å². The number of morpholine rings is 1. The smallest absolute Gasteiger partial charge is 0.392 e. The summed E-state index contributed by atoms with van der Waals surface area (Å²) in [6, 6.07) is 0. The molecule has 2 aliphatic heterocycles. The van der Waals surface area contributed by atoms with Gasteiger partial charge in [-0.15, -0.1) is 5.10 Å². The molecule has 3 heterocycles. The van der Waals surface area contributed by atoms with Gasteiger partial charge in [-0.25, -0.2) is 9.89 Å². The van der Waals surface area contributed by atoms with Crippen molar-refractivity contribution in [1.82, 2.24) is 20.0 Å². The van der Waals surface area contributed by atoms with E-state index < -0.39 is 5.76 Å². The highest BCUT2D eigenvalue weighted by atomic mass is 16.5. The van der Waals surface area contributed by atoms with Crippen LogP contribution in [-0.4, -0.2) is 71.3 Å². The summed E-state index contributed by atoms with van der Waals surface area (Å²) in [5.41, 5.74) is 0. The number of likely N-dealkylation sites (tertiary alicyclic amines) is 1. The molecule has 122 valence electrons. The number of likely N-dealkylation sites (N-methyl/N-ethyl adjacent to an activating group) is 1. The Hall–Kier alpha value is -1.67. The number of H-pyrrole nitrogens is 1. The van der Waals surface area contributed by atoms with Crippen molar-refractivity contribution in [2.75, 3.05) is 33.2 Å². The van der Waals surface area contributed by atoms with Crippen molar-refractivity contribution in [3.05, 3.63) is 16.4 Å².